The third-order valence-electron chi connectivity index (χ3n) is 6.54. The first-order valence-electron chi connectivity index (χ1n) is 13.1. The summed E-state index contributed by atoms with van der Waals surface area (Å²) in [5.74, 6) is -0.860. The molecule has 0 bridgehead atoms. The fraction of sp³-hybridized carbons (Fsp3) is 0.379. The van der Waals surface area contributed by atoms with Crippen LogP contribution in [0.2, 0.25) is 10.0 Å². The number of esters is 1. The van der Waals surface area contributed by atoms with Crippen molar-refractivity contribution in [2.24, 2.45) is 19.8 Å². The minimum atomic E-state index is -1.04. The lowest BCUT2D eigenvalue weighted by molar-refractivity contribution is -0.145. The topological polar surface area (TPSA) is 135 Å². The molecule has 41 heavy (non-hydrogen) atoms. The Morgan fingerprint density at radius 2 is 1.66 bits per heavy atom. The van der Waals surface area contributed by atoms with E-state index in [0.29, 0.717) is 54.1 Å². The molecular formula is C29H34Cl2N4O6. The van der Waals surface area contributed by atoms with E-state index in [1.54, 1.807) is 38.2 Å². The predicted molar refractivity (Wildman–Crippen MR) is 159 cm³/mol. The smallest absolute Gasteiger partial charge is 0.330 e. The molecular weight excluding hydrogens is 571 g/mol. The lowest BCUT2D eigenvalue weighted by atomic mass is 10.00. The summed E-state index contributed by atoms with van der Waals surface area (Å²) < 4.78 is 13.4. The molecule has 3 N–H and O–H groups in total. The number of nitrogens with one attached hydrogen (secondary N) is 1. The summed E-state index contributed by atoms with van der Waals surface area (Å²) in [5, 5.41) is 2.83. The molecule has 0 radical (unpaired) electrons. The van der Waals surface area contributed by atoms with Gasteiger partial charge in [0.25, 0.3) is 11.5 Å². The van der Waals surface area contributed by atoms with Gasteiger partial charge in [0.2, 0.25) is 0 Å². The summed E-state index contributed by atoms with van der Waals surface area (Å²) in [4.78, 5) is 51.2. The number of hydrogen-bond acceptors (Lipinski definition) is 7. The van der Waals surface area contributed by atoms with Crippen molar-refractivity contribution in [1.29, 1.82) is 0 Å². The largest absolute Gasteiger partial charge is 0.493 e. The van der Waals surface area contributed by atoms with Crippen LogP contribution in [0.15, 0.2) is 46.0 Å². The zero-order chi connectivity index (χ0) is 30.3. The van der Waals surface area contributed by atoms with Gasteiger partial charge in [0.1, 0.15) is 11.8 Å². The van der Waals surface area contributed by atoms with E-state index in [-0.39, 0.29) is 28.6 Å². The van der Waals surface area contributed by atoms with E-state index in [1.807, 2.05) is 6.92 Å². The molecule has 0 aliphatic rings. The number of benzene rings is 2. The SMILES string of the molecule is CCCOC(=O)C(Cc1ccc(-c2c(C)n(C)c(=O)n(C)c2=O)cc1)NC(=O)c1c(Cl)cc(OCCCN)cc1Cl. The van der Waals surface area contributed by atoms with E-state index < -0.39 is 29.2 Å². The van der Waals surface area contributed by atoms with Gasteiger partial charge in [-0.05, 0) is 49.6 Å². The highest BCUT2D eigenvalue weighted by Gasteiger charge is 2.26. The molecule has 0 saturated carbocycles. The first-order valence-corrected chi connectivity index (χ1v) is 13.9. The van der Waals surface area contributed by atoms with Crippen LogP contribution in [0.5, 0.6) is 5.75 Å². The molecule has 220 valence electrons. The number of hydrogen-bond donors (Lipinski definition) is 2. The Kier molecular flexibility index (Phi) is 11.2. The average Bonchev–Trinajstić information content (AvgIpc) is 2.94. The van der Waals surface area contributed by atoms with Gasteiger partial charge in [0, 0.05) is 26.2 Å². The normalized spacial score (nSPS) is 11.7. The van der Waals surface area contributed by atoms with Gasteiger partial charge in [-0.2, -0.15) is 0 Å². The quantitative estimate of drug-likeness (QED) is 0.239. The molecule has 1 aromatic heterocycles. The fourth-order valence-electron chi connectivity index (χ4n) is 4.17. The number of carbonyl (C=O) groups is 2. The monoisotopic (exact) mass is 604 g/mol. The number of halogens is 2. The van der Waals surface area contributed by atoms with Gasteiger partial charge in [-0.25, -0.2) is 9.59 Å². The second-order valence-corrected chi connectivity index (χ2v) is 10.3. The van der Waals surface area contributed by atoms with Crippen LogP contribution in [0, 0.1) is 6.92 Å². The maximum absolute atomic E-state index is 13.2. The molecule has 0 saturated heterocycles. The summed E-state index contributed by atoms with van der Waals surface area (Å²) in [6, 6.07) is 8.88. The molecule has 0 fully saturated rings. The van der Waals surface area contributed by atoms with Crippen LogP contribution in [-0.2, 0) is 30.0 Å². The minimum absolute atomic E-state index is 0.00385. The Hall–Kier alpha value is -3.60. The van der Waals surface area contributed by atoms with Crippen molar-refractivity contribution in [1.82, 2.24) is 14.5 Å². The van der Waals surface area contributed by atoms with Gasteiger partial charge in [-0.1, -0.05) is 54.4 Å². The van der Waals surface area contributed by atoms with Crippen LogP contribution in [0.25, 0.3) is 11.1 Å². The summed E-state index contributed by atoms with van der Waals surface area (Å²) in [5.41, 5.74) is 6.92. The van der Waals surface area contributed by atoms with Crippen LogP contribution < -0.4 is 27.0 Å². The molecule has 12 heteroatoms. The lowest BCUT2D eigenvalue weighted by Crippen LogP contribution is -2.43. The van der Waals surface area contributed by atoms with Crippen LogP contribution in [0.3, 0.4) is 0 Å². The van der Waals surface area contributed by atoms with E-state index in [9.17, 15) is 19.2 Å². The van der Waals surface area contributed by atoms with E-state index in [2.05, 4.69) is 5.32 Å². The number of amides is 1. The summed E-state index contributed by atoms with van der Waals surface area (Å²) in [6.07, 6.45) is 1.36. The Morgan fingerprint density at radius 1 is 1.02 bits per heavy atom. The average molecular weight is 606 g/mol. The van der Waals surface area contributed by atoms with E-state index in [0.717, 1.165) is 4.57 Å². The number of nitrogens with zero attached hydrogens (tertiary/aromatic N) is 2. The summed E-state index contributed by atoms with van der Waals surface area (Å²) in [6.45, 7) is 4.59. The Labute approximate surface area is 248 Å². The second kappa shape index (κ2) is 14.3. The predicted octanol–water partition coefficient (Wildman–Crippen LogP) is 3.39. The Balaban J connectivity index is 1.86. The Morgan fingerprint density at radius 3 is 2.24 bits per heavy atom. The maximum Gasteiger partial charge on any atom is 0.330 e. The van der Waals surface area contributed by atoms with Crippen molar-refractivity contribution in [2.75, 3.05) is 19.8 Å². The maximum atomic E-state index is 13.2. The zero-order valence-electron chi connectivity index (χ0n) is 23.5. The van der Waals surface area contributed by atoms with Crippen molar-refractivity contribution in [3.63, 3.8) is 0 Å². The van der Waals surface area contributed by atoms with Crippen molar-refractivity contribution in [3.8, 4) is 16.9 Å². The van der Waals surface area contributed by atoms with Crippen LogP contribution in [0.1, 0.15) is 41.4 Å². The third-order valence-corrected chi connectivity index (χ3v) is 7.13. The lowest BCUT2D eigenvalue weighted by Gasteiger charge is -2.19. The molecule has 1 atom stereocenters. The molecule has 1 heterocycles. The molecule has 1 amide bonds. The van der Waals surface area contributed by atoms with Gasteiger partial charge in [-0.15, -0.1) is 0 Å². The molecule has 3 aromatic rings. The highest BCUT2D eigenvalue weighted by Crippen LogP contribution is 2.30. The van der Waals surface area contributed by atoms with E-state index in [1.165, 1.54) is 23.7 Å². The fourth-order valence-corrected chi connectivity index (χ4v) is 4.81. The molecule has 10 nitrogen and oxygen atoms in total. The van der Waals surface area contributed by atoms with Gasteiger partial charge in [-0.3, -0.25) is 14.2 Å². The van der Waals surface area contributed by atoms with Crippen molar-refractivity contribution < 1.29 is 19.1 Å². The molecule has 3 rings (SSSR count). The zero-order valence-corrected chi connectivity index (χ0v) is 25.0. The number of ether oxygens (including phenoxy) is 2. The summed E-state index contributed by atoms with van der Waals surface area (Å²) in [7, 11) is 3.03. The highest BCUT2D eigenvalue weighted by atomic mass is 35.5. The molecule has 0 spiro atoms. The van der Waals surface area contributed by atoms with Crippen LogP contribution in [0.4, 0.5) is 0 Å². The van der Waals surface area contributed by atoms with Crippen molar-refractivity contribution in [3.05, 3.63) is 84.1 Å². The summed E-state index contributed by atoms with van der Waals surface area (Å²) >= 11 is 12.7. The van der Waals surface area contributed by atoms with Crippen molar-refractivity contribution >= 4 is 35.1 Å². The second-order valence-electron chi connectivity index (χ2n) is 9.51. The minimum Gasteiger partial charge on any atom is -0.493 e. The molecule has 0 aliphatic heterocycles. The van der Waals surface area contributed by atoms with E-state index in [4.69, 9.17) is 38.4 Å². The number of nitrogens with two attached hydrogens (primary N) is 1. The number of aromatic nitrogens is 2. The first kappa shape index (κ1) is 31.9. The van der Waals surface area contributed by atoms with E-state index >= 15 is 0 Å². The van der Waals surface area contributed by atoms with Gasteiger partial charge in [0.15, 0.2) is 0 Å². The number of carbonyl (C=O) groups excluding carboxylic acids is 2. The van der Waals surface area contributed by atoms with Crippen LogP contribution in [-0.4, -0.2) is 46.8 Å². The number of rotatable bonds is 12. The van der Waals surface area contributed by atoms with Gasteiger partial charge < -0.3 is 25.1 Å². The standard InChI is InChI=1S/C29H34Cl2N4O6/c1-5-12-41-28(38)23(33-26(36)25-21(30)15-20(16-22(25)31)40-13-6-11-32)14-18-7-9-19(10-8-18)24-17(2)34(3)29(39)35(4)27(24)37/h7-10,15-16,23H,5-6,11-14,32H2,1-4H3,(H,33,36). The van der Waals surface area contributed by atoms with Gasteiger partial charge >= 0.3 is 11.7 Å². The van der Waals surface area contributed by atoms with Crippen LogP contribution >= 0.6 is 23.2 Å². The first-order chi connectivity index (χ1) is 19.5. The molecule has 0 aliphatic carbocycles. The molecule has 1 unspecified atom stereocenters. The van der Waals surface area contributed by atoms with Crippen molar-refractivity contribution in [2.45, 2.75) is 39.2 Å². The third kappa shape index (κ3) is 7.58. The van der Waals surface area contributed by atoms with Gasteiger partial charge in [0.05, 0.1) is 34.4 Å². The Bertz CT molecular complexity index is 1510. The highest BCUT2D eigenvalue weighted by molar-refractivity contribution is 6.40. The molecule has 2 aromatic carbocycles.